The van der Waals surface area contributed by atoms with Crippen LogP contribution in [0.3, 0.4) is 0 Å². The van der Waals surface area contributed by atoms with Gasteiger partial charge in [-0.05, 0) is 11.6 Å². The zero-order valence-electron chi connectivity index (χ0n) is 7.87. The van der Waals surface area contributed by atoms with Crippen molar-refractivity contribution in [3.05, 3.63) is 46.0 Å². The number of halogens is 1. The molecule has 1 aromatic heterocycles. The highest BCUT2D eigenvalue weighted by atomic mass is 35.5. The lowest BCUT2D eigenvalue weighted by atomic mass is 10.2. The van der Waals surface area contributed by atoms with E-state index < -0.39 is 4.92 Å². The molecule has 0 radical (unpaired) electrons. The van der Waals surface area contributed by atoms with Gasteiger partial charge in [0.25, 0.3) is 5.69 Å². The third-order valence-electron chi connectivity index (χ3n) is 1.86. The van der Waals surface area contributed by atoms with Crippen LogP contribution in [-0.4, -0.2) is 19.9 Å². The Labute approximate surface area is 95.1 Å². The molecule has 2 aromatic rings. The van der Waals surface area contributed by atoms with Gasteiger partial charge in [0.05, 0.1) is 4.92 Å². The number of hydrogen-bond acceptors (Lipinski definition) is 5. The van der Waals surface area contributed by atoms with Crippen LogP contribution >= 0.6 is 11.6 Å². The van der Waals surface area contributed by atoms with Crippen molar-refractivity contribution in [3.8, 4) is 11.4 Å². The summed E-state index contributed by atoms with van der Waals surface area (Å²) in [6.07, 6.45) is 1.25. The summed E-state index contributed by atoms with van der Waals surface area (Å²) < 4.78 is 0. The van der Waals surface area contributed by atoms with Crippen molar-refractivity contribution in [2.75, 3.05) is 0 Å². The van der Waals surface area contributed by atoms with Crippen LogP contribution in [0.25, 0.3) is 11.4 Å². The van der Waals surface area contributed by atoms with Gasteiger partial charge >= 0.3 is 0 Å². The lowest BCUT2D eigenvalue weighted by Crippen LogP contribution is -1.93. The van der Waals surface area contributed by atoms with Gasteiger partial charge < -0.3 is 0 Å². The van der Waals surface area contributed by atoms with Gasteiger partial charge in [-0.1, -0.05) is 12.1 Å². The summed E-state index contributed by atoms with van der Waals surface area (Å²) in [5.41, 5.74) is 0.507. The maximum Gasteiger partial charge on any atom is 0.270 e. The molecule has 0 saturated carbocycles. The summed E-state index contributed by atoms with van der Waals surface area (Å²) in [5.74, 6) is 0.309. The Balaban J connectivity index is 2.48. The molecule has 0 amide bonds. The van der Waals surface area contributed by atoms with Crippen molar-refractivity contribution >= 4 is 17.3 Å². The first-order valence-electron chi connectivity index (χ1n) is 4.26. The van der Waals surface area contributed by atoms with Crippen LogP contribution in [-0.2, 0) is 0 Å². The van der Waals surface area contributed by atoms with Crippen molar-refractivity contribution in [1.29, 1.82) is 0 Å². The van der Waals surface area contributed by atoms with Crippen LogP contribution in [0.1, 0.15) is 0 Å². The molecule has 0 saturated heterocycles. The Morgan fingerprint density at radius 1 is 1.31 bits per heavy atom. The van der Waals surface area contributed by atoms with Crippen LogP contribution in [0.5, 0.6) is 0 Å². The van der Waals surface area contributed by atoms with E-state index in [1.807, 2.05) is 0 Å². The predicted octanol–water partition coefficient (Wildman–Crippen LogP) is 2.10. The molecule has 1 heterocycles. The molecule has 7 heteroatoms. The molecule has 0 aliphatic rings. The predicted molar refractivity (Wildman–Crippen MR) is 56.9 cm³/mol. The second kappa shape index (κ2) is 4.19. The van der Waals surface area contributed by atoms with E-state index in [2.05, 4.69) is 15.0 Å². The van der Waals surface area contributed by atoms with E-state index in [0.717, 1.165) is 0 Å². The molecule has 2 rings (SSSR count). The number of benzene rings is 1. The molecular weight excluding hydrogens is 232 g/mol. The van der Waals surface area contributed by atoms with E-state index in [1.54, 1.807) is 12.1 Å². The minimum absolute atomic E-state index is 0.0194. The quantitative estimate of drug-likeness (QED) is 0.589. The number of nitro groups is 1. The van der Waals surface area contributed by atoms with Crippen molar-refractivity contribution in [2.24, 2.45) is 0 Å². The number of nitrogens with zero attached hydrogens (tertiary/aromatic N) is 4. The van der Waals surface area contributed by atoms with Crippen molar-refractivity contribution < 1.29 is 4.92 Å². The van der Waals surface area contributed by atoms with E-state index in [9.17, 15) is 10.1 Å². The fourth-order valence-electron chi connectivity index (χ4n) is 1.17. The van der Waals surface area contributed by atoms with Gasteiger partial charge in [-0.25, -0.2) is 9.97 Å². The standard InChI is InChI=1S/C9H5ClN4O2/c10-9-12-5-11-8(13-9)6-2-1-3-7(4-6)14(15)16/h1-5H. The van der Waals surface area contributed by atoms with Gasteiger partial charge in [0.15, 0.2) is 5.82 Å². The molecule has 0 spiro atoms. The lowest BCUT2D eigenvalue weighted by molar-refractivity contribution is -0.384. The van der Waals surface area contributed by atoms with Gasteiger partial charge in [-0.3, -0.25) is 10.1 Å². The highest BCUT2D eigenvalue weighted by Gasteiger charge is 2.09. The molecule has 0 N–H and O–H groups in total. The van der Waals surface area contributed by atoms with E-state index in [0.29, 0.717) is 11.4 Å². The van der Waals surface area contributed by atoms with Crippen LogP contribution in [0.15, 0.2) is 30.6 Å². The first-order chi connectivity index (χ1) is 7.66. The number of aromatic nitrogens is 3. The van der Waals surface area contributed by atoms with Gasteiger partial charge in [-0.2, -0.15) is 4.98 Å². The second-order valence-corrected chi connectivity index (χ2v) is 3.22. The maximum absolute atomic E-state index is 10.6. The molecule has 0 bridgehead atoms. The fourth-order valence-corrected chi connectivity index (χ4v) is 1.30. The summed E-state index contributed by atoms with van der Waals surface area (Å²) in [6, 6.07) is 6.00. The molecule has 0 aliphatic carbocycles. The Morgan fingerprint density at radius 3 is 2.81 bits per heavy atom. The first-order valence-corrected chi connectivity index (χ1v) is 4.64. The Hall–Kier alpha value is -2.08. The second-order valence-electron chi connectivity index (χ2n) is 2.89. The highest BCUT2D eigenvalue weighted by molar-refractivity contribution is 6.28. The molecule has 16 heavy (non-hydrogen) atoms. The summed E-state index contributed by atoms with van der Waals surface area (Å²) >= 11 is 5.60. The Kier molecular flexibility index (Phi) is 2.74. The third-order valence-corrected chi connectivity index (χ3v) is 2.04. The first kappa shape index (κ1) is 10.4. The summed E-state index contributed by atoms with van der Waals surface area (Å²) in [4.78, 5) is 21.5. The van der Waals surface area contributed by atoms with Gasteiger partial charge in [0, 0.05) is 17.7 Å². The van der Waals surface area contributed by atoms with Crippen molar-refractivity contribution in [3.63, 3.8) is 0 Å². The Morgan fingerprint density at radius 2 is 2.12 bits per heavy atom. The van der Waals surface area contributed by atoms with Crippen molar-refractivity contribution in [1.82, 2.24) is 15.0 Å². The number of nitro benzene ring substituents is 1. The third kappa shape index (κ3) is 2.12. The minimum atomic E-state index is -0.480. The van der Waals surface area contributed by atoms with Crippen molar-refractivity contribution in [2.45, 2.75) is 0 Å². The maximum atomic E-state index is 10.6. The van der Waals surface area contributed by atoms with Crippen LogP contribution in [0.4, 0.5) is 5.69 Å². The normalized spacial score (nSPS) is 10.1. The van der Waals surface area contributed by atoms with E-state index >= 15 is 0 Å². The van der Waals surface area contributed by atoms with Crippen LogP contribution < -0.4 is 0 Å². The molecule has 0 aliphatic heterocycles. The average Bonchev–Trinajstić information content (AvgIpc) is 2.29. The molecule has 6 nitrogen and oxygen atoms in total. The molecule has 0 atom stereocenters. The van der Waals surface area contributed by atoms with Gasteiger partial charge in [0.2, 0.25) is 5.28 Å². The van der Waals surface area contributed by atoms with Gasteiger partial charge in [-0.15, -0.1) is 0 Å². The number of non-ortho nitro benzene ring substituents is 1. The zero-order chi connectivity index (χ0) is 11.5. The van der Waals surface area contributed by atoms with E-state index in [1.165, 1.54) is 18.5 Å². The van der Waals surface area contributed by atoms with Crippen LogP contribution in [0, 0.1) is 10.1 Å². The number of hydrogen-bond donors (Lipinski definition) is 0. The highest BCUT2D eigenvalue weighted by Crippen LogP contribution is 2.20. The molecule has 80 valence electrons. The lowest BCUT2D eigenvalue weighted by Gasteiger charge is -1.99. The average molecular weight is 237 g/mol. The van der Waals surface area contributed by atoms with E-state index in [4.69, 9.17) is 11.6 Å². The zero-order valence-corrected chi connectivity index (χ0v) is 8.63. The molecule has 0 unspecified atom stereocenters. The largest absolute Gasteiger partial charge is 0.270 e. The molecule has 1 aromatic carbocycles. The molecular formula is C9H5ClN4O2. The summed E-state index contributed by atoms with van der Waals surface area (Å²) in [7, 11) is 0. The minimum Gasteiger partial charge on any atom is -0.258 e. The molecule has 0 fully saturated rings. The number of rotatable bonds is 2. The summed E-state index contributed by atoms with van der Waals surface area (Å²) in [6.45, 7) is 0. The fraction of sp³-hybridized carbons (Fsp3) is 0. The van der Waals surface area contributed by atoms with Crippen LogP contribution in [0.2, 0.25) is 5.28 Å². The monoisotopic (exact) mass is 236 g/mol. The van der Waals surface area contributed by atoms with Gasteiger partial charge in [0.1, 0.15) is 6.33 Å². The van der Waals surface area contributed by atoms with E-state index in [-0.39, 0.29) is 11.0 Å². The Bertz CT molecular complexity index is 547. The SMILES string of the molecule is O=[N+]([O-])c1cccc(-c2ncnc(Cl)n2)c1. The summed E-state index contributed by atoms with van der Waals surface area (Å²) in [5, 5.41) is 10.6. The smallest absolute Gasteiger partial charge is 0.258 e. The topological polar surface area (TPSA) is 81.8 Å².